The Labute approximate surface area is 152 Å². The number of fused-ring (bicyclic) bond motifs is 2. The molecule has 2 aromatic carbocycles. The van der Waals surface area contributed by atoms with Crippen molar-refractivity contribution in [2.75, 3.05) is 20.7 Å². The van der Waals surface area contributed by atoms with Crippen molar-refractivity contribution >= 4 is 51.0 Å². The third-order valence-corrected chi connectivity index (χ3v) is 4.11. The summed E-state index contributed by atoms with van der Waals surface area (Å²) in [5, 5.41) is 10.8. The molecule has 0 radical (unpaired) electrons. The van der Waals surface area contributed by atoms with Gasteiger partial charge in [-0.25, -0.2) is 0 Å². The second-order valence-corrected chi connectivity index (χ2v) is 6.43. The molecule has 0 saturated heterocycles. The van der Waals surface area contributed by atoms with E-state index in [1.54, 1.807) is 14.1 Å². The molecule has 0 atom stereocenters. The highest BCUT2D eigenvalue weighted by Gasteiger charge is 2.16. The summed E-state index contributed by atoms with van der Waals surface area (Å²) >= 11 is 12.0. The molecule has 0 unspecified atom stereocenters. The number of hydrogen-bond acceptors (Lipinski definition) is 5. The molecule has 1 amide bonds. The topological polar surface area (TPSA) is 80.0 Å². The number of halogens is 2. The molecule has 0 aliphatic rings. The van der Waals surface area contributed by atoms with Crippen molar-refractivity contribution in [2.24, 2.45) is 0 Å². The van der Waals surface area contributed by atoms with E-state index >= 15 is 0 Å². The number of hydrogen-bond donors (Lipinski definition) is 1. The number of ether oxygens (including phenoxy) is 1. The average molecular weight is 382 g/mol. The molecule has 3 rings (SSSR count). The lowest BCUT2D eigenvalue weighted by atomic mass is 10.1. The maximum atomic E-state index is 12.6. The Bertz CT molecular complexity index is 1060. The molecule has 25 heavy (non-hydrogen) atoms. The minimum Gasteiger partial charge on any atom is -0.507 e. The molecule has 1 aromatic heterocycles. The normalized spacial score (nSPS) is 11.0. The highest BCUT2D eigenvalue weighted by Crippen LogP contribution is 2.33. The molecule has 0 fully saturated rings. The molecule has 0 aliphatic heterocycles. The molecular formula is C17H13Cl2NO5. The molecule has 0 spiro atoms. The fourth-order valence-corrected chi connectivity index (χ4v) is 2.85. The minimum atomic E-state index is -0.464. The van der Waals surface area contributed by atoms with Crippen LogP contribution in [0.2, 0.25) is 10.0 Å². The molecule has 1 heterocycles. The quantitative estimate of drug-likeness (QED) is 0.703. The van der Waals surface area contributed by atoms with Crippen molar-refractivity contribution < 1.29 is 19.1 Å². The zero-order chi connectivity index (χ0) is 18.3. The Balaban J connectivity index is 2.16. The molecule has 8 heteroatoms. The predicted octanol–water partition coefficient (Wildman–Crippen LogP) is 3.43. The first-order chi connectivity index (χ1) is 11.8. The molecule has 1 N–H and O–H groups in total. The summed E-state index contributed by atoms with van der Waals surface area (Å²) in [5.74, 6) is -0.387. The second-order valence-electron chi connectivity index (χ2n) is 5.59. The lowest BCUT2D eigenvalue weighted by Gasteiger charge is -2.12. The van der Waals surface area contributed by atoms with Gasteiger partial charge in [0.25, 0.3) is 5.91 Å². The summed E-state index contributed by atoms with van der Waals surface area (Å²) < 4.78 is 11.0. The first-order valence-electron chi connectivity index (χ1n) is 7.19. The van der Waals surface area contributed by atoms with Gasteiger partial charge in [0, 0.05) is 31.3 Å². The molecule has 0 aliphatic carbocycles. The van der Waals surface area contributed by atoms with Crippen molar-refractivity contribution in [1.82, 2.24) is 4.90 Å². The van der Waals surface area contributed by atoms with Gasteiger partial charge in [-0.3, -0.25) is 9.59 Å². The van der Waals surface area contributed by atoms with Crippen LogP contribution in [0.5, 0.6) is 11.5 Å². The van der Waals surface area contributed by atoms with Crippen molar-refractivity contribution in [2.45, 2.75) is 0 Å². The molecule has 0 bridgehead atoms. The number of likely N-dealkylation sites (N-methyl/N-ethyl adjacent to an activating group) is 1. The van der Waals surface area contributed by atoms with Crippen LogP contribution in [0.1, 0.15) is 0 Å². The summed E-state index contributed by atoms with van der Waals surface area (Å²) in [6.07, 6.45) is 0. The van der Waals surface area contributed by atoms with Gasteiger partial charge < -0.3 is 19.2 Å². The number of aromatic hydroxyl groups is 1. The van der Waals surface area contributed by atoms with Crippen LogP contribution >= 0.6 is 23.2 Å². The molecule has 0 saturated carbocycles. The van der Waals surface area contributed by atoms with Crippen LogP contribution in [-0.2, 0) is 4.79 Å². The van der Waals surface area contributed by atoms with Gasteiger partial charge in [-0.1, -0.05) is 23.2 Å². The maximum Gasteiger partial charge on any atom is 0.259 e. The van der Waals surface area contributed by atoms with Gasteiger partial charge in [0.05, 0.1) is 10.4 Å². The molecular weight excluding hydrogens is 369 g/mol. The van der Waals surface area contributed by atoms with Gasteiger partial charge >= 0.3 is 0 Å². The van der Waals surface area contributed by atoms with E-state index in [0.717, 1.165) is 0 Å². The third-order valence-electron chi connectivity index (χ3n) is 3.61. The van der Waals surface area contributed by atoms with Crippen LogP contribution < -0.4 is 10.2 Å². The van der Waals surface area contributed by atoms with Crippen LogP contribution in [0.4, 0.5) is 0 Å². The Kier molecular flexibility index (Phi) is 4.49. The first kappa shape index (κ1) is 17.4. The van der Waals surface area contributed by atoms with Crippen LogP contribution in [0.25, 0.3) is 21.9 Å². The first-order valence-corrected chi connectivity index (χ1v) is 7.95. The van der Waals surface area contributed by atoms with Crippen LogP contribution in [-0.4, -0.2) is 36.6 Å². The lowest BCUT2D eigenvalue weighted by Crippen LogP contribution is -2.27. The van der Waals surface area contributed by atoms with E-state index in [4.69, 9.17) is 32.4 Å². The van der Waals surface area contributed by atoms with Crippen LogP contribution in [0.15, 0.2) is 33.5 Å². The number of carbonyl (C=O) groups is 1. The number of amides is 1. The van der Waals surface area contributed by atoms with E-state index in [0.29, 0.717) is 0 Å². The summed E-state index contributed by atoms with van der Waals surface area (Å²) in [6, 6.07) is 5.55. The summed E-state index contributed by atoms with van der Waals surface area (Å²) in [6.45, 7) is -0.216. The molecule has 3 aromatic rings. The van der Waals surface area contributed by atoms with Gasteiger partial charge in [0.15, 0.2) is 12.2 Å². The van der Waals surface area contributed by atoms with Crippen molar-refractivity contribution in [3.05, 3.63) is 44.5 Å². The van der Waals surface area contributed by atoms with E-state index in [9.17, 15) is 14.7 Å². The van der Waals surface area contributed by atoms with E-state index in [1.807, 2.05) is 0 Å². The smallest absolute Gasteiger partial charge is 0.259 e. The summed E-state index contributed by atoms with van der Waals surface area (Å²) in [5.41, 5.74) is -0.215. The summed E-state index contributed by atoms with van der Waals surface area (Å²) in [4.78, 5) is 25.6. The lowest BCUT2D eigenvalue weighted by molar-refractivity contribution is -0.130. The maximum absolute atomic E-state index is 12.6. The molecule has 130 valence electrons. The predicted molar refractivity (Wildman–Crippen MR) is 95.9 cm³/mol. The van der Waals surface area contributed by atoms with Gasteiger partial charge in [-0.05, 0) is 12.1 Å². The van der Waals surface area contributed by atoms with E-state index < -0.39 is 5.43 Å². The van der Waals surface area contributed by atoms with Crippen molar-refractivity contribution in [1.29, 1.82) is 0 Å². The number of rotatable bonds is 3. The number of benzene rings is 2. The van der Waals surface area contributed by atoms with Crippen LogP contribution in [0.3, 0.4) is 0 Å². The van der Waals surface area contributed by atoms with E-state index in [1.165, 1.54) is 29.2 Å². The largest absolute Gasteiger partial charge is 0.507 e. The van der Waals surface area contributed by atoms with Gasteiger partial charge in [0.1, 0.15) is 22.5 Å². The number of carbonyl (C=O) groups excluding carboxylic acids is 1. The summed E-state index contributed by atoms with van der Waals surface area (Å²) in [7, 11) is 3.20. The highest BCUT2D eigenvalue weighted by molar-refractivity contribution is 6.38. The fourth-order valence-electron chi connectivity index (χ4n) is 2.32. The standard InChI is InChI=1S/C17H13Cl2NO5/c1-20(2)14(22)7-24-9-5-12(21)15-13(6-9)25-17-10(16(15)23)3-8(18)4-11(17)19/h3-6,21H,7H2,1-2H3. The Morgan fingerprint density at radius 1 is 1.24 bits per heavy atom. The van der Waals surface area contributed by atoms with E-state index in [-0.39, 0.29) is 56.0 Å². The van der Waals surface area contributed by atoms with Crippen molar-refractivity contribution in [3.63, 3.8) is 0 Å². The Morgan fingerprint density at radius 2 is 1.96 bits per heavy atom. The monoisotopic (exact) mass is 381 g/mol. The van der Waals surface area contributed by atoms with Crippen molar-refractivity contribution in [3.8, 4) is 11.5 Å². The zero-order valence-electron chi connectivity index (χ0n) is 13.3. The Hall–Kier alpha value is -2.44. The number of phenols is 1. The van der Waals surface area contributed by atoms with E-state index in [2.05, 4.69) is 0 Å². The zero-order valence-corrected chi connectivity index (χ0v) is 14.8. The van der Waals surface area contributed by atoms with Gasteiger partial charge in [-0.15, -0.1) is 0 Å². The fraction of sp³-hybridized carbons (Fsp3) is 0.176. The third kappa shape index (κ3) is 3.23. The van der Waals surface area contributed by atoms with Crippen LogP contribution in [0, 0.1) is 0 Å². The average Bonchev–Trinajstić information content (AvgIpc) is 2.53. The Morgan fingerprint density at radius 3 is 2.64 bits per heavy atom. The minimum absolute atomic E-state index is 0.0166. The second kappa shape index (κ2) is 6.46. The van der Waals surface area contributed by atoms with Gasteiger partial charge in [-0.2, -0.15) is 0 Å². The van der Waals surface area contributed by atoms with Gasteiger partial charge in [0.2, 0.25) is 5.43 Å². The number of phenolic OH excluding ortho intramolecular Hbond substituents is 1. The molecule has 6 nitrogen and oxygen atoms in total. The SMILES string of the molecule is CN(C)C(=O)COc1cc(O)c2c(=O)c3cc(Cl)cc(Cl)c3oc2c1. The highest BCUT2D eigenvalue weighted by atomic mass is 35.5. The number of nitrogens with zero attached hydrogens (tertiary/aromatic N) is 1.